The van der Waals surface area contributed by atoms with Gasteiger partial charge >= 0.3 is 0 Å². The predicted octanol–water partition coefficient (Wildman–Crippen LogP) is 2.04. The Labute approximate surface area is 78.4 Å². The fraction of sp³-hybridized carbons (Fsp3) is 0.455. The zero-order valence-corrected chi connectivity index (χ0v) is 7.88. The molecule has 70 valence electrons. The highest BCUT2D eigenvalue weighted by molar-refractivity contribution is 5.43. The van der Waals surface area contributed by atoms with Crippen LogP contribution in [-0.4, -0.2) is 5.11 Å². The molecular weight excluding hydrogens is 162 g/mol. The van der Waals surface area contributed by atoms with Gasteiger partial charge in [0.2, 0.25) is 0 Å². The molecule has 2 rings (SSSR count). The Balaban J connectivity index is 2.52. The number of phenols is 1. The summed E-state index contributed by atoms with van der Waals surface area (Å²) in [6.07, 6.45) is 3.25. The lowest BCUT2D eigenvalue weighted by Gasteiger charge is -2.22. The summed E-state index contributed by atoms with van der Waals surface area (Å²) < 4.78 is 0. The van der Waals surface area contributed by atoms with E-state index in [1.807, 2.05) is 19.1 Å². The monoisotopic (exact) mass is 177 g/mol. The summed E-state index contributed by atoms with van der Waals surface area (Å²) >= 11 is 0. The number of hydrogen-bond acceptors (Lipinski definition) is 2. The third kappa shape index (κ3) is 1.42. The van der Waals surface area contributed by atoms with Crippen molar-refractivity contribution in [1.29, 1.82) is 0 Å². The average Bonchev–Trinajstić information content (AvgIpc) is 2.09. The molecule has 1 aliphatic rings. The van der Waals surface area contributed by atoms with E-state index in [0.29, 0.717) is 5.75 Å². The van der Waals surface area contributed by atoms with E-state index < -0.39 is 0 Å². The fourth-order valence-corrected chi connectivity index (χ4v) is 1.99. The third-order valence-electron chi connectivity index (χ3n) is 2.82. The number of nitrogens with two attached hydrogens (primary N) is 1. The first kappa shape index (κ1) is 8.57. The Morgan fingerprint density at radius 2 is 2.23 bits per heavy atom. The van der Waals surface area contributed by atoms with Gasteiger partial charge in [0, 0.05) is 6.04 Å². The van der Waals surface area contributed by atoms with Crippen LogP contribution in [0, 0.1) is 6.92 Å². The topological polar surface area (TPSA) is 46.2 Å². The van der Waals surface area contributed by atoms with Gasteiger partial charge in [-0.15, -0.1) is 0 Å². The minimum Gasteiger partial charge on any atom is -0.508 e. The van der Waals surface area contributed by atoms with E-state index in [9.17, 15) is 5.11 Å². The van der Waals surface area contributed by atoms with E-state index in [0.717, 1.165) is 24.8 Å². The Morgan fingerprint density at radius 3 is 3.00 bits per heavy atom. The molecule has 3 N–H and O–H groups in total. The molecule has 0 heterocycles. The normalized spacial score (nSPS) is 21.2. The molecule has 0 aliphatic heterocycles. The molecule has 0 unspecified atom stereocenters. The van der Waals surface area contributed by atoms with Crippen molar-refractivity contribution in [2.45, 2.75) is 32.2 Å². The second-order valence-electron chi connectivity index (χ2n) is 3.84. The van der Waals surface area contributed by atoms with E-state index in [-0.39, 0.29) is 6.04 Å². The highest BCUT2D eigenvalue weighted by atomic mass is 16.3. The van der Waals surface area contributed by atoms with Crippen molar-refractivity contribution in [2.24, 2.45) is 5.73 Å². The Kier molecular flexibility index (Phi) is 2.00. The summed E-state index contributed by atoms with van der Waals surface area (Å²) in [6.45, 7) is 1.91. The van der Waals surface area contributed by atoms with Crippen LogP contribution in [0.3, 0.4) is 0 Å². The van der Waals surface area contributed by atoms with E-state index in [4.69, 9.17) is 5.73 Å². The maximum absolute atomic E-state index is 9.52. The zero-order valence-electron chi connectivity index (χ0n) is 7.88. The molecule has 1 aromatic rings. The maximum atomic E-state index is 9.52. The Hall–Kier alpha value is -1.02. The number of aryl methyl sites for hydroxylation is 2. The molecule has 2 nitrogen and oxygen atoms in total. The van der Waals surface area contributed by atoms with Gasteiger partial charge < -0.3 is 10.8 Å². The zero-order chi connectivity index (χ0) is 9.42. The van der Waals surface area contributed by atoms with Crippen molar-refractivity contribution in [2.75, 3.05) is 0 Å². The second kappa shape index (κ2) is 3.04. The molecule has 13 heavy (non-hydrogen) atoms. The van der Waals surface area contributed by atoms with Gasteiger partial charge in [0.25, 0.3) is 0 Å². The van der Waals surface area contributed by atoms with Gasteiger partial charge in [-0.05, 0) is 48.9 Å². The Morgan fingerprint density at radius 1 is 1.46 bits per heavy atom. The number of hydrogen-bond donors (Lipinski definition) is 2. The molecular formula is C11H15NO. The highest BCUT2D eigenvalue weighted by Gasteiger charge is 2.17. The van der Waals surface area contributed by atoms with Crippen LogP contribution in [0.5, 0.6) is 5.75 Å². The van der Waals surface area contributed by atoms with Crippen LogP contribution < -0.4 is 5.73 Å². The van der Waals surface area contributed by atoms with Crippen molar-refractivity contribution in [3.05, 3.63) is 28.8 Å². The summed E-state index contributed by atoms with van der Waals surface area (Å²) in [6, 6.07) is 4.06. The first-order chi connectivity index (χ1) is 6.18. The standard InChI is InChI=1S/C11H15NO/c1-7-5-9-8(6-11(7)13)3-2-4-10(9)12/h5-6,10,13H,2-4,12H2,1H3/t10-/m0/s1. The maximum Gasteiger partial charge on any atom is 0.118 e. The average molecular weight is 177 g/mol. The largest absolute Gasteiger partial charge is 0.508 e. The summed E-state index contributed by atoms with van der Waals surface area (Å²) in [5.41, 5.74) is 9.36. The molecule has 0 saturated carbocycles. The summed E-state index contributed by atoms with van der Waals surface area (Å²) in [4.78, 5) is 0. The molecule has 1 aliphatic carbocycles. The number of benzene rings is 1. The molecule has 2 heteroatoms. The molecule has 0 spiro atoms. The van der Waals surface area contributed by atoms with Gasteiger partial charge in [0.1, 0.15) is 5.75 Å². The van der Waals surface area contributed by atoms with Crippen LogP contribution in [0.15, 0.2) is 12.1 Å². The van der Waals surface area contributed by atoms with Gasteiger partial charge in [-0.1, -0.05) is 6.07 Å². The van der Waals surface area contributed by atoms with Crippen molar-refractivity contribution >= 4 is 0 Å². The van der Waals surface area contributed by atoms with Crippen LogP contribution in [0.1, 0.15) is 35.6 Å². The van der Waals surface area contributed by atoms with Crippen LogP contribution in [0.25, 0.3) is 0 Å². The molecule has 1 atom stereocenters. The number of aromatic hydroxyl groups is 1. The van der Waals surface area contributed by atoms with Crippen molar-refractivity contribution in [1.82, 2.24) is 0 Å². The summed E-state index contributed by atoms with van der Waals surface area (Å²) in [5.74, 6) is 0.396. The summed E-state index contributed by atoms with van der Waals surface area (Å²) in [7, 11) is 0. The van der Waals surface area contributed by atoms with Crippen molar-refractivity contribution in [3.8, 4) is 5.75 Å². The van der Waals surface area contributed by atoms with Crippen molar-refractivity contribution in [3.63, 3.8) is 0 Å². The number of fused-ring (bicyclic) bond motifs is 1. The number of rotatable bonds is 0. The second-order valence-corrected chi connectivity index (χ2v) is 3.84. The van der Waals surface area contributed by atoms with Crippen LogP contribution in [0.2, 0.25) is 0 Å². The summed E-state index contributed by atoms with van der Waals surface area (Å²) in [5, 5.41) is 9.52. The van der Waals surface area contributed by atoms with Gasteiger partial charge in [0.05, 0.1) is 0 Å². The van der Waals surface area contributed by atoms with Gasteiger partial charge in [-0.3, -0.25) is 0 Å². The van der Waals surface area contributed by atoms with E-state index in [2.05, 4.69) is 0 Å². The Bertz CT molecular complexity index is 333. The van der Waals surface area contributed by atoms with Gasteiger partial charge in [-0.25, -0.2) is 0 Å². The molecule has 0 amide bonds. The lowest BCUT2D eigenvalue weighted by molar-refractivity contribution is 0.467. The minimum atomic E-state index is 0.169. The highest BCUT2D eigenvalue weighted by Crippen LogP contribution is 2.32. The lowest BCUT2D eigenvalue weighted by atomic mass is 9.87. The van der Waals surface area contributed by atoms with Gasteiger partial charge in [-0.2, -0.15) is 0 Å². The lowest BCUT2D eigenvalue weighted by Crippen LogP contribution is -2.17. The number of phenolic OH excluding ortho intramolecular Hbond substituents is 1. The third-order valence-corrected chi connectivity index (χ3v) is 2.82. The minimum absolute atomic E-state index is 0.169. The first-order valence-electron chi connectivity index (χ1n) is 4.76. The smallest absolute Gasteiger partial charge is 0.118 e. The van der Waals surface area contributed by atoms with E-state index >= 15 is 0 Å². The molecule has 0 radical (unpaired) electrons. The SMILES string of the molecule is Cc1cc2c(cc1O)CCC[C@@H]2N. The molecule has 0 fully saturated rings. The van der Waals surface area contributed by atoms with Crippen LogP contribution >= 0.6 is 0 Å². The first-order valence-corrected chi connectivity index (χ1v) is 4.76. The molecule has 0 aromatic heterocycles. The molecule has 0 bridgehead atoms. The molecule has 0 saturated heterocycles. The van der Waals surface area contributed by atoms with Crippen LogP contribution in [-0.2, 0) is 6.42 Å². The molecule has 1 aromatic carbocycles. The van der Waals surface area contributed by atoms with Crippen LogP contribution in [0.4, 0.5) is 0 Å². The van der Waals surface area contributed by atoms with Gasteiger partial charge in [0.15, 0.2) is 0 Å². The van der Waals surface area contributed by atoms with E-state index in [1.54, 1.807) is 0 Å². The fourth-order valence-electron chi connectivity index (χ4n) is 1.99. The van der Waals surface area contributed by atoms with E-state index in [1.165, 1.54) is 11.1 Å². The van der Waals surface area contributed by atoms with Crippen molar-refractivity contribution < 1.29 is 5.11 Å². The predicted molar refractivity (Wildman–Crippen MR) is 52.7 cm³/mol. The quantitative estimate of drug-likeness (QED) is 0.637.